The SMILES string of the molecule is CCCCCCCCC1=NC(=Cc2ccccc2)C(=O)O1. The first kappa shape index (κ1) is 15.5. The van der Waals surface area contributed by atoms with Crippen LogP contribution in [0.3, 0.4) is 0 Å². The third kappa shape index (κ3) is 5.18. The number of carbonyl (C=O) groups is 1. The van der Waals surface area contributed by atoms with Crippen LogP contribution >= 0.6 is 0 Å². The molecule has 2 rings (SSSR count). The summed E-state index contributed by atoms with van der Waals surface area (Å²) in [6.45, 7) is 2.22. The number of cyclic esters (lactones) is 1. The van der Waals surface area contributed by atoms with Gasteiger partial charge in [0.15, 0.2) is 11.6 Å². The van der Waals surface area contributed by atoms with Crippen LogP contribution in [-0.4, -0.2) is 11.9 Å². The fourth-order valence-corrected chi connectivity index (χ4v) is 2.32. The van der Waals surface area contributed by atoms with Gasteiger partial charge in [0.05, 0.1) is 0 Å². The summed E-state index contributed by atoms with van der Waals surface area (Å²) in [5.41, 5.74) is 1.37. The molecular formula is C18H23NO2. The molecule has 21 heavy (non-hydrogen) atoms. The highest BCUT2D eigenvalue weighted by molar-refractivity contribution is 6.07. The molecule has 0 unspecified atom stereocenters. The summed E-state index contributed by atoms with van der Waals surface area (Å²) in [6, 6.07) is 9.71. The van der Waals surface area contributed by atoms with Crippen LogP contribution in [0.2, 0.25) is 0 Å². The molecule has 1 aromatic carbocycles. The van der Waals surface area contributed by atoms with Crippen molar-refractivity contribution in [3.05, 3.63) is 41.6 Å². The van der Waals surface area contributed by atoms with Gasteiger partial charge in [-0.25, -0.2) is 9.79 Å². The van der Waals surface area contributed by atoms with Gasteiger partial charge in [0.2, 0.25) is 0 Å². The Morgan fingerprint density at radius 3 is 2.52 bits per heavy atom. The van der Waals surface area contributed by atoms with Gasteiger partial charge in [0, 0.05) is 6.42 Å². The number of benzene rings is 1. The van der Waals surface area contributed by atoms with E-state index in [9.17, 15) is 4.79 Å². The van der Waals surface area contributed by atoms with Gasteiger partial charge in [-0.15, -0.1) is 0 Å². The number of hydrogen-bond donors (Lipinski definition) is 0. The minimum atomic E-state index is -0.333. The molecule has 112 valence electrons. The standard InChI is InChI=1S/C18H23NO2/c1-2-3-4-5-6-10-13-17-19-16(18(20)21-17)14-15-11-8-7-9-12-15/h7-9,11-12,14H,2-6,10,13H2,1H3. The number of aliphatic imine (C=N–C) groups is 1. The van der Waals surface area contributed by atoms with Crippen LogP contribution in [0.5, 0.6) is 0 Å². The Kier molecular flexibility index (Phi) is 6.20. The maximum atomic E-state index is 11.8. The van der Waals surface area contributed by atoms with Crippen molar-refractivity contribution in [2.45, 2.75) is 51.9 Å². The topological polar surface area (TPSA) is 38.7 Å². The molecule has 0 spiro atoms. The van der Waals surface area contributed by atoms with E-state index in [1.165, 1.54) is 32.1 Å². The van der Waals surface area contributed by atoms with E-state index in [2.05, 4.69) is 11.9 Å². The van der Waals surface area contributed by atoms with Crippen molar-refractivity contribution in [2.75, 3.05) is 0 Å². The van der Waals surface area contributed by atoms with Crippen LogP contribution in [0.4, 0.5) is 0 Å². The molecule has 0 aromatic heterocycles. The summed E-state index contributed by atoms with van der Waals surface area (Å²) in [5.74, 6) is 0.234. The Labute approximate surface area is 126 Å². The van der Waals surface area contributed by atoms with Crippen LogP contribution in [0.15, 0.2) is 41.0 Å². The van der Waals surface area contributed by atoms with E-state index >= 15 is 0 Å². The van der Waals surface area contributed by atoms with E-state index in [0.717, 1.165) is 18.4 Å². The average Bonchev–Trinajstić information content (AvgIpc) is 2.84. The lowest BCUT2D eigenvalue weighted by Gasteiger charge is -2.00. The highest BCUT2D eigenvalue weighted by atomic mass is 16.6. The largest absolute Gasteiger partial charge is 0.407 e. The Hall–Kier alpha value is -1.90. The van der Waals surface area contributed by atoms with Crippen LogP contribution in [0.25, 0.3) is 6.08 Å². The smallest absolute Gasteiger partial charge is 0.363 e. The van der Waals surface area contributed by atoms with Crippen LogP contribution in [0, 0.1) is 0 Å². The molecule has 0 N–H and O–H groups in total. The van der Waals surface area contributed by atoms with Crippen molar-refractivity contribution in [1.29, 1.82) is 0 Å². The highest BCUT2D eigenvalue weighted by Gasteiger charge is 2.22. The van der Waals surface area contributed by atoms with E-state index in [1.54, 1.807) is 6.08 Å². The van der Waals surface area contributed by atoms with E-state index in [1.807, 2.05) is 30.3 Å². The molecular weight excluding hydrogens is 262 g/mol. The molecule has 3 nitrogen and oxygen atoms in total. The zero-order chi connectivity index (χ0) is 14.9. The maximum Gasteiger partial charge on any atom is 0.363 e. The highest BCUT2D eigenvalue weighted by Crippen LogP contribution is 2.18. The first-order chi connectivity index (χ1) is 10.3. The van der Waals surface area contributed by atoms with Gasteiger partial charge < -0.3 is 4.74 Å². The zero-order valence-corrected chi connectivity index (χ0v) is 12.7. The third-order valence-electron chi connectivity index (χ3n) is 3.51. The molecule has 1 heterocycles. The molecule has 1 aromatic rings. The van der Waals surface area contributed by atoms with Gasteiger partial charge in [-0.2, -0.15) is 0 Å². The van der Waals surface area contributed by atoms with E-state index in [-0.39, 0.29) is 5.97 Å². The monoisotopic (exact) mass is 285 g/mol. The Morgan fingerprint density at radius 1 is 1.05 bits per heavy atom. The summed E-state index contributed by atoms with van der Waals surface area (Å²) < 4.78 is 5.22. The number of carbonyl (C=O) groups excluding carboxylic acids is 1. The lowest BCUT2D eigenvalue weighted by atomic mass is 10.1. The van der Waals surface area contributed by atoms with Crippen molar-refractivity contribution in [3.63, 3.8) is 0 Å². The van der Waals surface area contributed by atoms with E-state index in [4.69, 9.17) is 4.74 Å². The number of ether oxygens (including phenoxy) is 1. The second-order valence-corrected chi connectivity index (χ2v) is 5.35. The van der Waals surface area contributed by atoms with Gasteiger partial charge in [-0.1, -0.05) is 69.4 Å². The summed E-state index contributed by atoms with van der Waals surface area (Å²) in [4.78, 5) is 16.1. The molecule has 0 atom stereocenters. The zero-order valence-electron chi connectivity index (χ0n) is 12.7. The van der Waals surface area contributed by atoms with Gasteiger partial charge in [0.1, 0.15) is 0 Å². The maximum absolute atomic E-state index is 11.8. The number of hydrogen-bond acceptors (Lipinski definition) is 3. The van der Waals surface area contributed by atoms with Gasteiger partial charge in [-0.05, 0) is 18.1 Å². The van der Waals surface area contributed by atoms with Gasteiger partial charge >= 0.3 is 5.97 Å². The first-order valence-electron chi connectivity index (χ1n) is 7.86. The fourth-order valence-electron chi connectivity index (χ4n) is 2.32. The molecule has 0 saturated heterocycles. The summed E-state index contributed by atoms with van der Waals surface area (Å²) >= 11 is 0. The van der Waals surface area contributed by atoms with Crippen LogP contribution < -0.4 is 0 Å². The number of unbranched alkanes of at least 4 members (excludes halogenated alkanes) is 5. The van der Waals surface area contributed by atoms with Gasteiger partial charge in [-0.3, -0.25) is 0 Å². The van der Waals surface area contributed by atoms with E-state index < -0.39 is 0 Å². The van der Waals surface area contributed by atoms with Gasteiger partial charge in [0.25, 0.3) is 0 Å². The third-order valence-corrected chi connectivity index (χ3v) is 3.51. The lowest BCUT2D eigenvalue weighted by Crippen LogP contribution is -2.03. The lowest BCUT2D eigenvalue weighted by molar-refractivity contribution is -0.130. The van der Waals surface area contributed by atoms with Crippen molar-refractivity contribution >= 4 is 17.9 Å². The summed E-state index contributed by atoms with van der Waals surface area (Å²) in [6.07, 6.45) is 9.85. The fraction of sp³-hybridized carbons (Fsp3) is 0.444. The predicted octanol–water partition coefficient (Wildman–Crippen LogP) is 4.73. The predicted molar refractivity (Wildman–Crippen MR) is 85.9 cm³/mol. The molecule has 0 aliphatic carbocycles. The molecule has 0 saturated carbocycles. The molecule has 1 aliphatic rings. The minimum absolute atomic E-state index is 0.333. The van der Waals surface area contributed by atoms with Crippen LogP contribution in [-0.2, 0) is 9.53 Å². The molecule has 3 heteroatoms. The Bertz CT molecular complexity index is 517. The van der Waals surface area contributed by atoms with Crippen molar-refractivity contribution in [2.24, 2.45) is 4.99 Å². The molecule has 1 aliphatic heterocycles. The Balaban J connectivity index is 1.82. The van der Waals surface area contributed by atoms with E-state index in [0.29, 0.717) is 11.6 Å². The number of nitrogens with zero attached hydrogens (tertiary/aromatic N) is 1. The average molecular weight is 285 g/mol. The molecule has 0 fully saturated rings. The summed E-state index contributed by atoms with van der Waals surface area (Å²) in [7, 11) is 0. The second-order valence-electron chi connectivity index (χ2n) is 5.35. The van der Waals surface area contributed by atoms with Crippen molar-refractivity contribution in [3.8, 4) is 0 Å². The van der Waals surface area contributed by atoms with Crippen molar-refractivity contribution < 1.29 is 9.53 Å². The second kappa shape index (κ2) is 8.40. The minimum Gasteiger partial charge on any atom is -0.407 e. The number of rotatable bonds is 8. The molecule has 0 bridgehead atoms. The Morgan fingerprint density at radius 2 is 1.76 bits per heavy atom. The summed E-state index contributed by atoms with van der Waals surface area (Å²) in [5, 5.41) is 0. The normalized spacial score (nSPS) is 16.1. The molecule has 0 radical (unpaired) electrons. The molecule has 0 amide bonds. The van der Waals surface area contributed by atoms with Crippen molar-refractivity contribution in [1.82, 2.24) is 0 Å². The van der Waals surface area contributed by atoms with Crippen LogP contribution in [0.1, 0.15) is 57.4 Å². The first-order valence-corrected chi connectivity index (χ1v) is 7.86. The number of esters is 1. The quantitative estimate of drug-likeness (QED) is 0.393.